The summed E-state index contributed by atoms with van der Waals surface area (Å²) >= 11 is 1.99. The first-order chi connectivity index (χ1) is 8.69. The fraction of sp³-hybridized carbons (Fsp3) is 0.846. The zero-order valence-corrected chi connectivity index (χ0v) is 11.7. The van der Waals surface area contributed by atoms with Crippen LogP contribution in [-0.2, 0) is 9.59 Å². The Hall–Kier alpha value is -0.710. The van der Waals surface area contributed by atoms with Crippen LogP contribution in [0.1, 0.15) is 45.4 Å². The van der Waals surface area contributed by atoms with Crippen molar-refractivity contribution >= 4 is 23.6 Å². The van der Waals surface area contributed by atoms with E-state index < -0.39 is 0 Å². The molecule has 18 heavy (non-hydrogen) atoms. The molecule has 1 saturated heterocycles. The van der Waals surface area contributed by atoms with E-state index in [1.807, 2.05) is 11.8 Å². The number of carbonyl (C=O) groups is 2. The Bertz CT molecular complexity index is 320. The second kappa shape index (κ2) is 6.45. The Morgan fingerprint density at radius 3 is 2.94 bits per heavy atom. The second-order valence-electron chi connectivity index (χ2n) is 5.11. The lowest BCUT2D eigenvalue weighted by molar-refractivity contribution is -0.126. The Labute approximate surface area is 113 Å². The van der Waals surface area contributed by atoms with Crippen LogP contribution < -0.4 is 10.6 Å². The van der Waals surface area contributed by atoms with Crippen LogP contribution in [0.3, 0.4) is 0 Å². The number of carbonyl (C=O) groups excluding carboxylic acids is 2. The maximum atomic E-state index is 12.0. The van der Waals surface area contributed by atoms with Gasteiger partial charge in [-0.05, 0) is 31.4 Å². The van der Waals surface area contributed by atoms with E-state index in [2.05, 4.69) is 17.6 Å². The average Bonchev–Trinajstić information content (AvgIpc) is 2.77. The highest BCUT2D eigenvalue weighted by Gasteiger charge is 2.30. The molecule has 5 heteroatoms. The molecule has 2 amide bonds. The number of amides is 2. The van der Waals surface area contributed by atoms with Gasteiger partial charge in [-0.25, -0.2) is 0 Å². The third-order valence-electron chi connectivity index (χ3n) is 3.69. The zero-order valence-electron chi connectivity index (χ0n) is 10.9. The van der Waals surface area contributed by atoms with Gasteiger partial charge >= 0.3 is 0 Å². The van der Waals surface area contributed by atoms with Crippen molar-refractivity contribution in [2.75, 3.05) is 5.75 Å². The summed E-state index contributed by atoms with van der Waals surface area (Å²) in [6.07, 6.45) is 5.74. The quantitative estimate of drug-likeness (QED) is 0.813. The number of hydrogen-bond donors (Lipinski definition) is 2. The standard InChI is InChI=1S/C13H22N2O2S/c1-2-18-10-5-3-4-9(8-10)14-13(17)11-6-7-12(16)15-11/h9-11H,2-8H2,1H3,(H,14,17)(H,15,16)/t9-,10+,11-/m0/s1. The summed E-state index contributed by atoms with van der Waals surface area (Å²) in [6.45, 7) is 2.18. The minimum atomic E-state index is -0.295. The molecule has 1 heterocycles. The Kier molecular flexibility index (Phi) is 4.92. The van der Waals surface area contributed by atoms with Crippen LogP contribution >= 0.6 is 11.8 Å². The molecule has 0 aromatic carbocycles. The molecule has 1 saturated carbocycles. The summed E-state index contributed by atoms with van der Waals surface area (Å²) in [7, 11) is 0. The summed E-state index contributed by atoms with van der Waals surface area (Å²) in [5, 5.41) is 6.51. The van der Waals surface area contributed by atoms with Crippen molar-refractivity contribution in [2.45, 2.75) is 62.8 Å². The molecule has 0 bridgehead atoms. The van der Waals surface area contributed by atoms with Gasteiger partial charge in [0.1, 0.15) is 6.04 Å². The van der Waals surface area contributed by atoms with E-state index in [0.29, 0.717) is 24.1 Å². The van der Waals surface area contributed by atoms with Crippen molar-refractivity contribution < 1.29 is 9.59 Å². The maximum Gasteiger partial charge on any atom is 0.242 e. The van der Waals surface area contributed by atoms with Gasteiger partial charge in [0.05, 0.1) is 0 Å². The predicted molar refractivity (Wildman–Crippen MR) is 73.5 cm³/mol. The topological polar surface area (TPSA) is 58.2 Å². The fourth-order valence-corrected chi connectivity index (χ4v) is 3.95. The van der Waals surface area contributed by atoms with Crippen molar-refractivity contribution in [3.8, 4) is 0 Å². The van der Waals surface area contributed by atoms with Crippen LogP contribution in [0.25, 0.3) is 0 Å². The van der Waals surface area contributed by atoms with E-state index in [9.17, 15) is 9.59 Å². The average molecular weight is 270 g/mol. The summed E-state index contributed by atoms with van der Waals surface area (Å²) in [5.41, 5.74) is 0. The predicted octanol–water partition coefficient (Wildman–Crippen LogP) is 1.45. The number of hydrogen-bond acceptors (Lipinski definition) is 3. The van der Waals surface area contributed by atoms with E-state index in [-0.39, 0.29) is 17.9 Å². The molecule has 0 aromatic heterocycles. The van der Waals surface area contributed by atoms with Crippen molar-refractivity contribution in [1.82, 2.24) is 10.6 Å². The van der Waals surface area contributed by atoms with E-state index in [4.69, 9.17) is 0 Å². The molecular formula is C13H22N2O2S. The van der Waals surface area contributed by atoms with E-state index in [0.717, 1.165) is 18.6 Å². The van der Waals surface area contributed by atoms with Gasteiger partial charge in [-0.2, -0.15) is 11.8 Å². The highest BCUT2D eigenvalue weighted by atomic mass is 32.2. The van der Waals surface area contributed by atoms with Crippen LogP contribution in [0, 0.1) is 0 Å². The first-order valence-electron chi connectivity index (χ1n) is 6.90. The SMILES string of the molecule is CCS[C@@H]1CCC[C@H](NC(=O)[C@@H]2CCC(=O)N2)C1. The van der Waals surface area contributed by atoms with Crippen molar-refractivity contribution in [3.05, 3.63) is 0 Å². The Morgan fingerprint density at radius 1 is 1.44 bits per heavy atom. The Morgan fingerprint density at radius 2 is 2.28 bits per heavy atom. The van der Waals surface area contributed by atoms with Crippen molar-refractivity contribution in [1.29, 1.82) is 0 Å². The molecule has 0 aromatic rings. The molecule has 1 aliphatic heterocycles. The van der Waals surface area contributed by atoms with Crippen LogP contribution in [0.15, 0.2) is 0 Å². The molecule has 1 aliphatic carbocycles. The van der Waals surface area contributed by atoms with E-state index >= 15 is 0 Å². The minimum Gasteiger partial charge on any atom is -0.352 e. The van der Waals surface area contributed by atoms with Crippen molar-refractivity contribution in [3.63, 3.8) is 0 Å². The lowest BCUT2D eigenvalue weighted by atomic mass is 9.94. The lowest BCUT2D eigenvalue weighted by Crippen LogP contribution is -2.47. The molecule has 2 N–H and O–H groups in total. The third-order valence-corrected chi connectivity index (χ3v) is 4.92. The van der Waals surface area contributed by atoms with Gasteiger partial charge < -0.3 is 10.6 Å². The van der Waals surface area contributed by atoms with Gasteiger partial charge in [0, 0.05) is 17.7 Å². The van der Waals surface area contributed by atoms with Gasteiger partial charge in [-0.15, -0.1) is 0 Å². The summed E-state index contributed by atoms with van der Waals surface area (Å²) in [6, 6.07) is 0.00417. The van der Waals surface area contributed by atoms with Gasteiger partial charge in [0.2, 0.25) is 11.8 Å². The first-order valence-corrected chi connectivity index (χ1v) is 7.95. The van der Waals surface area contributed by atoms with Gasteiger partial charge in [0.25, 0.3) is 0 Å². The molecule has 0 radical (unpaired) electrons. The largest absolute Gasteiger partial charge is 0.352 e. The molecular weight excluding hydrogens is 248 g/mol. The van der Waals surface area contributed by atoms with Crippen LogP contribution in [-0.4, -0.2) is 34.9 Å². The molecule has 2 aliphatic rings. The van der Waals surface area contributed by atoms with E-state index in [1.54, 1.807) is 0 Å². The van der Waals surface area contributed by atoms with Gasteiger partial charge in [0.15, 0.2) is 0 Å². The van der Waals surface area contributed by atoms with Crippen LogP contribution in [0.5, 0.6) is 0 Å². The zero-order chi connectivity index (χ0) is 13.0. The lowest BCUT2D eigenvalue weighted by Gasteiger charge is -2.30. The smallest absolute Gasteiger partial charge is 0.242 e. The second-order valence-corrected chi connectivity index (χ2v) is 6.69. The first kappa shape index (κ1) is 13.7. The highest BCUT2D eigenvalue weighted by molar-refractivity contribution is 7.99. The monoisotopic (exact) mass is 270 g/mol. The maximum absolute atomic E-state index is 12.0. The minimum absolute atomic E-state index is 0.00166. The Balaban J connectivity index is 1.78. The number of rotatable bonds is 4. The normalized spacial score (nSPS) is 32.1. The van der Waals surface area contributed by atoms with Crippen LogP contribution in [0.2, 0.25) is 0 Å². The number of nitrogens with one attached hydrogen (secondary N) is 2. The van der Waals surface area contributed by atoms with Gasteiger partial charge in [-0.3, -0.25) is 9.59 Å². The molecule has 0 unspecified atom stereocenters. The number of thioether (sulfide) groups is 1. The van der Waals surface area contributed by atoms with E-state index in [1.165, 1.54) is 12.8 Å². The molecule has 2 fully saturated rings. The van der Waals surface area contributed by atoms with Crippen LogP contribution in [0.4, 0.5) is 0 Å². The van der Waals surface area contributed by atoms with Crippen molar-refractivity contribution in [2.24, 2.45) is 0 Å². The van der Waals surface area contributed by atoms with Gasteiger partial charge in [-0.1, -0.05) is 13.3 Å². The third kappa shape index (κ3) is 3.64. The fourth-order valence-electron chi connectivity index (χ4n) is 2.78. The molecule has 4 nitrogen and oxygen atoms in total. The molecule has 0 spiro atoms. The highest BCUT2D eigenvalue weighted by Crippen LogP contribution is 2.28. The molecule has 2 rings (SSSR count). The summed E-state index contributed by atoms with van der Waals surface area (Å²) in [4.78, 5) is 23.1. The molecule has 3 atom stereocenters. The summed E-state index contributed by atoms with van der Waals surface area (Å²) < 4.78 is 0. The molecule has 102 valence electrons. The summed E-state index contributed by atoms with van der Waals surface area (Å²) in [5.74, 6) is 1.15.